The van der Waals surface area contributed by atoms with Gasteiger partial charge in [-0.15, -0.1) is 0 Å². The van der Waals surface area contributed by atoms with Gasteiger partial charge >= 0.3 is 6.18 Å². The number of nitrogens with zero attached hydrogens (tertiary/aromatic N) is 2. The van der Waals surface area contributed by atoms with Gasteiger partial charge in [-0.1, -0.05) is 6.92 Å². The van der Waals surface area contributed by atoms with Crippen molar-refractivity contribution < 1.29 is 23.1 Å². The highest BCUT2D eigenvalue weighted by Crippen LogP contribution is 2.44. The Balaban J connectivity index is 1.86. The summed E-state index contributed by atoms with van der Waals surface area (Å²) in [5.74, 6) is -0.206. The number of alkyl halides is 3. The van der Waals surface area contributed by atoms with Gasteiger partial charge in [0.05, 0.1) is 17.1 Å². The standard InChI is InChI=1S/C18H24F3N3O2/c1-2-15(25)17(5-3-13(22)8-17)16(26)24-6-4-14-11(10-24)7-12(9-23-14)18(19,20)21/h7,9,13,15,25H,2-6,8,10,22H2,1H3/t13-,15?,17+/m1/s1. The van der Waals surface area contributed by atoms with Crippen molar-refractivity contribution in [1.29, 1.82) is 0 Å². The average molecular weight is 371 g/mol. The zero-order valence-electron chi connectivity index (χ0n) is 14.7. The number of aromatic nitrogens is 1. The summed E-state index contributed by atoms with van der Waals surface area (Å²) in [6.07, 6.45) is -2.01. The van der Waals surface area contributed by atoms with E-state index in [1.54, 1.807) is 4.90 Å². The van der Waals surface area contributed by atoms with Crippen molar-refractivity contribution >= 4 is 5.91 Å². The number of amides is 1. The highest BCUT2D eigenvalue weighted by atomic mass is 19.4. The van der Waals surface area contributed by atoms with E-state index in [9.17, 15) is 23.1 Å². The third-order valence-corrected chi connectivity index (χ3v) is 5.69. The molecule has 0 saturated heterocycles. The second-order valence-electron chi connectivity index (χ2n) is 7.39. The Hall–Kier alpha value is -1.67. The van der Waals surface area contributed by atoms with Crippen LogP contribution in [0.5, 0.6) is 0 Å². The van der Waals surface area contributed by atoms with Gasteiger partial charge < -0.3 is 15.7 Å². The van der Waals surface area contributed by atoms with Crippen molar-refractivity contribution in [2.45, 2.75) is 63.9 Å². The van der Waals surface area contributed by atoms with Crippen LogP contribution in [-0.4, -0.2) is 39.6 Å². The van der Waals surface area contributed by atoms with Gasteiger partial charge in [0, 0.05) is 37.4 Å². The van der Waals surface area contributed by atoms with Crippen LogP contribution in [0.1, 0.15) is 49.4 Å². The Morgan fingerprint density at radius 2 is 2.27 bits per heavy atom. The molecule has 8 heteroatoms. The quantitative estimate of drug-likeness (QED) is 0.854. The molecule has 1 aliphatic heterocycles. The molecule has 1 aromatic heterocycles. The van der Waals surface area contributed by atoms with Gasteiger partial charge in [0.2, 0.25) is 5.91 Å². The molecule has 0 aromatic carbocycles. The maximum absolute atomic E-state index is 13.2. The molecular weight excluding hydrogens is 347 g/mol. The first-order valence-electron chi connectivity index (χ1n) is 8.95. The monoisotopic (exact) mass is 371 g/mol. The van der Waals surface area contributed by atoms with E-state index < -0.39 is 23.3 Å². The normalized spacial score (nSPS) is 27.3. The lowest BCUT2D eigenvalue weighted by Crippen LogP contribution is -2.51. The van der Waals surface area contributed by atoms with E-state index in [-0.39, 0.29) is 18.5 Å². The number of hydrogen-bond acceptors (Lipinski definition) is 4. The molecule has 3 atom stereocenters. The van der Waals surface area contributed by atoms with E-state index in [1.807, 2.05) is 6.92 Å². The van der Waals surface area contributed by atoms with Crippen molar-refractivity contribution in [2.75, 3.05) is 6.54 Å². The van der Waals surface area contributed by atoms with Gasteiger partial charge in [-0.25, -0.2) is 0 Å². The predicted molar refractivity (Wildman–Crippen MR) is 88.9 cm³/mol. The first-order chi connectivity index (χ1) is 12.2. The second kappa shape index (κ2) is 6.81. The maximum atomic E-state index is 13.2. The first-order valence-corrected chi connectivity index (χ1v) is 8.95. The molecule has 0 bridgehead atoms. The third-order valence-electron chi connectivity index (χ3n) is 5.69. The molecule has 1 aromatic rings. The summed E-state index contributed by atoms with van der Waals surface area (Å²) in [6.45, 7) is 2.28. The Labute approximate surface area is 150 Å². The van der Waals surface area contributed by atoms with E-state index in [4.69, 9.17) is 5.73 Å². The molecule has 3 rings (SSSR count). The number of rotatable bonds is 3. The highest BCUT2D eigenvalue weighted by molar-refractivity contribution is 5.84. The van der Waals surface area contributed by atoms with Gasteiger partial charge in [-0.05, 0) is 37.3 Å². The number of carbonyl (C=O) groups is 1. The lowest BCUT2D eigenvalue weighted by atomic mass is 9.77. The van der Waals surface area contributed by atoms with Crippen LogP contribution in [-0.2, 0) is 23.9 Å². The zero-order chi connectivity index (χ0) is 19.1. The number of carbonyl (C=O) groups excluding carboxylic acids is 1. The maximum Gasteiger partial charge on any atom is 0.417 e. The van der Waals surface area contributed by atoms with E-state index >= 15 is 0 Å². The fourth-order valence-corrected chi connectivity index (χ4v) is 4.21. The first kappa shape index (κ1) is 19.1. The van der Waals surface area contributed by atoms with Crippen molar-refractivity contribution in [1.82, 2.24) is 9.88 Å². The molecule has 1 amide bonds. The number of aliphatic hydroxyl groups is 1. The van der Waals surface area contributed by atoms with Crippen LogP contribution >= 0.6 is 0 Å². The van der Waals surface area contributed by atoms with Crippen LogP contribution in [0.4, 0.5) is 13.2 Å². The van der Waals surface area contributed by atoms with E-state index in [0.717, 1.165) is 12.3 Å². The molecule has 2 aliphatic rings. The fourth-order valence-electron chi connectivity index (χ4n) is 4.21. The second-order valence-corrected chi connectivity index (χ2v) is 7.39. The molecule has 1 fully saturated rings. The molecule has 0 spiro atoms. The third kappa shape index (κ3) is 3.32. The topological polar surface area (TPSA) is 79.5 Å². The van der Waals surface area contributed by atoms with Crippen LogP contribution in [0.3, 0.4) is 0 Å². The van der Waals surface area contributed by atoms with Crippen molar-refractivity contribution in [3.8, 4) is 0 Å². The van der Waals surface area contributed by atoms with Gasteiger partial charge in [0.1, 0.15) is 0 Å². The zero-order valence-corrected chi connectivity index (χ0v) is 14.7. The number of fused-ring (bicyclic) bond motifs is 1. The molecular formula is C18H24F3N3O2. The molecule has 5 nitrogen and oxygen atoms in total. The lowest BCUT2D eigenvalue weighted by molar-refractivity contribution is -0.150. The van der Waals surface area contributed by atoms with Crippen molar-refractivity contribution in [3.05, 3.63) is 29.1 Å². The summed E-state index contributed by atoms with van der Waals surface area (Å²) in [6, 6.07) is 0.932. The van der Waals surface area contributed by atoms with E-state index in [0.29, 0.717) is 49.9 Å². The molecule has 1 saturated carbocycles. The number of halogens is 3. The summed E-state index contributed by atoms with van der Waals surface area (Å²) in [5, 5.41) is 10.5. The SMILES string of the molecule is CCC(O)[C@]1(C(=O)N2CCc3ncc(C(F)(F)F)cc3C2)CC[C@@H](N)C1. The Morgan fingerprint density at radius 3 is 2.85 bits per heavy atom. The molecule has 3 N–H and O–H groups in total. The lowest BCUT2D eigenvalue weighted by Gasteiger charge is -2.39. The molecule has 1 unspecified atom stereocenters. The molecule has 1 aliphatic carbocycles. The number of aliphatic hydroxyl groups excluding tert-OH is 1. The van der Waals surface area contributed by atoms with Crippen LogP contribution in [0.25, 0.3) is 0 Å². The Kier molecular flexibility index (Phi) is 5.00. The average Bonchev–Trinajstić information content (AvgIpc) is 3.01. The number of pyridine rings is 1. The number of hydrogen-bond donors (Lipinski definition) is 2. The molecule has 26 heavy (non-hydrogen) atoms. The Bertz CT molecular complexity index is 695. The fraction of sp³-hybridized carbons (Fsp3) is 0.667. The summed E-state index contributed by atoms with van der Waals surface area (Å²) >= 11 is 0. The number of nitrogens with two attached hydrogens (primary N) is 1. The largest absolute Gasteiger partial charge is 0.417 e. The predicted octanol–water partition coefficient (Wildman–Crippen LogP) is 2.25. The molecule has 2 heterocycles. The smallest absolute Gasteiger partial charge is 0.392 e. The molecule has 0 radical (unpaired) electrons. The van der Waals surface area contributed by atoms with Crippen LogP contribution in [0, 0.1) is 5.41 Å². The van der Waals surface area contributed by atoms with Crippen molar-refractivity contribution in [2.24, 2.45) is 11.1 Å². The van der Waals surface area contributed by atoms with Gasteiger partial charge in [-0.3, -0.25) is 9.78 Å². The van der Waals surface area contributed by atoms with Gasteiger partial charge in [-0.2, -0.15) is 13.2 Å². The summed E-state index contributed by atoms with van der Waals surface area (Å²) in [5.41, 5.74) is 5.27. The minimum Gasteiger partial charge on any atom is -0.392 e. The van der Waals surface area contributed by atoms with Crippen LogP contribution in [0.2, 0.25) is 0 Å². The summed E-state index contributed by atoms with van der Waals surface area (Å²) < 4.78 is 38.8. The summed E-state index contributed by atoms with van der Waals surface area (Å²) in [4.78, 5) is 18.7. The molecule has 144 valence electrons. The van der Waals surface area contributed by atoms with Crippen molar-refractivity contribution in [3.63, 3.8) is 0 Å². The minimum absolute atomic E-state index is 0.0819. The minimum atomic E-state index is -4.47. The highest BCUT2D eigenvalue weighted by Gasteiger charge is 2.51. The van der Waals surface area contributed by atoms with Gasteiger partial charge in [0.25, 0.3) is 0 Å². The summed E-state index contributed by atoms with van der Waals surface area (Å²) in [7, 11) is 0. The Morgan fingerprint density at radius 1 is 1.54 bits per heavy atom. The van der Waals surface area contributed by atoms with Crippen LogP contribution in [0.15, 0.2) is 12.3 Å². The van der Waals surface area contributed by atoms with Gasteiger partial charge in [0.15, 0.2) is 0 Å². The van der Waals surface area contributed by atoms with E-state index in [2.05, 4.69) is 4.98 Å². The van der Waals surface area contributed by atoms with E-state index in [1.165, 1.54) is 0 Å². The van der Waals surface area contributed by atoms with Crippen LogP contribution < -0.4 is 5.73 Å².